The van der Waals surface area contributed by atoms with Gasteiger partial charge < -0.3 is 14.8 Å². The maximum atomic E-state index is 12.8. The van der Waals surface area contributed by atoms with Gasteiger partial charge in [-0.2, -0.15) is 0 Å². The monoisotopic (exact) mass is 496 g/mol. The summed E-state index contributed by atoms with van der Waals surface area (Å²) in [5.74, 6) is -4.29. The van der Waals surface area contributed by atoms with Crippen molar-refractivity contribution in [1.29, 1.82) is 0 Å². The van der Waals surface area contributed by atoms with Crippen molar-refractivity contribution in [3.63, 3.8) is 0 Å². The van der Waals surface area contributed by atoms with Gasteiger partial charge in [0.05, 0.1) is 34.8 Å². The number of carbonyl (C=O) groups excluding carboxylic acids is 5. The van der Waals surface area contributed by atoms with Crippen molar-refractivity contribution in [1.82, 2.24) is 4.90 Å². The maximum Gasteiger partial charge on any atom is 0.338 e. The molecule has 0 radical (unpaired) electrons. The first kappa shape index (κ1) is 23.5. The van der Waals surface area contributed by atoms with Gasteiger partial charge in [0.1, 0.15) is 6.54 Å². The van der Waals surface area contributed by atoms with Crippen LogP contribution in [0.1, 0.15) is 23.7 Å². The van der Waals surface area contributed by atoms with Crippen LogP contribution in [0.4, 0.5) is 5.69 Å². The van der Waals surface area contributed by atoms with Crippen LogP contribution >= 0.6 is 23.2 Å². The van der Waals surface area contributed by atoms with E-state index in [9.17, 15) is 24.0 Å². The van der Waals surface area contributed by atoms with E-state index < -0.39 is 54.6 Å². The highest BCUT2D eigenvalue weighted by Crippen LogP contribution is 2.59. The number of likely N-dealkylation sites (tertiary alicyclic amines) is 1. The average molecular weight is 497 g/mol. The standard InChI is InChI=1S/C22H22Cl2N2O7/c1-2-32-22(31)10-3-5-11(6-4-10)25-14(27)9-33-15(28)8-26-20(29)16-12-7-13(17(16)21(26)30)19(24)18(12)23/h3-6,12-13,16-19H,2,7-9H2,1H3,(H,25,27)/t12-,13-,16-,17-,18-,19+/m1/s1. The van der Waals surface area contributed by atoms with Crippen molar-refractivity contribution in [3.05, 3.63) is 29.8 Å². The fourth-order valence-electron chi connectivity index (χ4n) is 4.99. The SMILES string of the molecule is CCOC(=O)c1ccc(NC(=O)COC(=O)CN2C(=O)[C@@H]3[C@H]4C[C@@H]([C@@H](Cl)[C@H]4Cl)[C@H]3C2=O)cc1. The summed E-state index contributed by atoms with van der Waals surface area (Å²) in [4.78, 5) is 62.3. The Kier molecular flexibility index (Phi) is 6.63. The van der Waals surface area contributed by atoms with Crippen LogP contribution in [-0.4, -0.2) is 65.1 Å². The lowest BCUT2D eigenvalue weighted by Crippen LogP contribution is -2.38. The zero-order valence-electron chi connectivity index (χ0n) is 17.7. The number of ether oxygens (including phenoxy) is 2. The first-order valence-electron chi connectivity index (χ1n) is 10.6. The van der Waals surface area contributed by atoms with Crippen molar-refractivity contribution in [2.75, 3.05) is 25.1 Å². The molecule has 9 nitrogen and oxygen atoms in total. The van der Waals surface area contributed by atoms with Gasteiger partial charge in [-0.3, -0.25) is 24.1 Å². The number of rotatable bonds is 7. The predicted octanol–water partition coefficient (Wildman–Crippen LogP) is 1.81. The Balaban J connectivity index is 1.27. The highest BCUT2D eigenvalue weighted by Gasteiger charge is 2.66. The quantitative estimate of drug-likeness (QED) is 0.347. The molecular weight excluding hydrogens is 475 g/mol. The van der Waals surface area contributed by atoms with Gasteiger partial charge in [-0.15, -0.1) is 23.2 Å². The summed E-state index contributed by atoms with van der Waals surface area (Å²) in [6, 6.07) is 6.00. The number of hydrogen-bond donors (Lipinski definition) is 1. The summed E-state index contributed by atoms with van der Waals surface area (Å²) in [6.45, 7) is 0.787. The summed E-state index contributed by atoms with van der Waals surface area (Å²) < 4.78 is 9.82. The number of alkyl halides is 2. The van der Waals surface area contributed by atoms with Crippen LogP contribution in [0, 0.1) is 23.7 Å². The Hall–Kier alpha value is -2.65. The normalized spacial score (nSPS) is 29.7. The number of carbonyl (C=O) groups is 5. The van der Waals surface area contributed by atoms with Crippen LogP contribution in [0.2, 0.25) is 0 Å². The fraction of sp³-hybridized carbons (Fsp3) is 0.500. The number of nitrogens with one attached hydrogen (secondary N) is 1. The molecule has 11 heteroatoms. The van der Waals surface area contributed by atoms with Gasteiger partial charge in [0.25, 0.3) is 5.91 Å². The van der Waals surface area contributed by atoms with E-state index in [1.54, 1.807) is 6.92 Å². The molecule has 1 aliphatic heterocycles. The number of esters is 2. The van der Waals surface area contributed by atoms with Crippen molar-refractivity contribution < 1.29 is 33.4 Å². The third-order valence-electron chi connectivity index (χ3n) is 6.41. The van der Waals surface area contributed by atoms with Crippen LogP contribution in [-0.2, 0) is 28.7 Å². The minimum absolute atomic E-state index is 0.178. The van der Waals surface area contributed by atoms with Gasteiger partial charge in [-0.05, 0) is 49.4 Å². The molecule has 3 fully saturated rings. The molecule has 33 heavy (non-hydrogen) atoms. The maximum absolute atomic E-state index is 12.8. The largest absolute Gasteiger partial charge is 0.462 e. The second-order valence-corrected chi connectivity index (χ2v) is 9.28. The number of halogens is 2. The van der Waals surface area contributed by atoms with Crippen molar-refractivity contribution in [3.8, 4) is 0 Å². The van der Waals surface area contributed by atoms with E-state index in [-0.39, 0.29) is 29.2 Å². The molecule has 2 bridgehead atoms. The topological polar surface area (TPSA) is 119 Å². The minimum atomic E-state index is -0.873. The average Bonchev–Trinajstić information content (AvgIpc) is 3.39. The molecule has 2 aliphatic carbocycles. The van der Waals surface area contributed by atoms with Crippen LogP contribution in [0.15, 0.2) is 24.3 Å². The van der Waals surface area contributed by atoms with Gasteiger partial charge >= 0.3 is 11.9 Å². The van der Waals surface area contributed by atoms with Gasteiger partial charge in [0.2, 0.25) is 11.8 Å². The molecule has 6 atom stereocenters. The van der Waals surface area contributed by atoms with Crippen LogP contribution < -0.4 is 5.32 Å². The molecule has 2 saturated carbocycles. The van der Waals surface area contributed by atoms with Gasteiger partial charge in [-0.1, -0.05) is 0 Å². The first-order valence-corrected chi connectivity index (χ1v) is 11.5. The van der Waals surface area contributed by atoms with Gasteiger partial charge in [0, 0.05) is 5.69 Å². The second kappa shape index (κ2) is 9.30. The molecule has 1 saturated heterocycles. The molecular formula is C22H22Cl2N2O7. The van der Waals surface area contributed by atoms with Gasteiger partial charge in [-0.25, -0.2) is 4.79 Å². The van der Waals surface area contributed by atoms with Crippen LogP contribution in [0.25, 0.3) is 0 Å². The molecule has 0 aromatic heterocycles. The van der Waals surface area contributed by atoms with E-state index in [1.807, 2.05) is 0 Å². The zero-order valence-corrected chi connectivity index (χ0v) is 19.2. The number of fused-ring (bicyclic) bond motifs is 5. The molecule has 0 spiro atoms. The molecule has 1 heterocycles. The smallest absolute Gasteiger partial charge is 0.338 e. The molecule has 1 aromatic carbocycles. The second-order valence-electron chi connectivity index (χ2n) is 8.27. The summed E-state index contributed by atoms with van der Waals surface area (Å²) in [7, 11) is 0. The molecule has 1 N–H and O–H groups in total. The number of amides is 3. The van der Waals surface area contributed by atoms with E-state index in [2.05, 4.69) is 5.32 Å². The summed E-state index contributed by atoms with van der Waals surface area (Å²) in [5.41, 5.74) is 0.726. The number of anilines is 1. The Labute approximate surface area is 199 Å². The lowest BCUT2D eigenvalue weighted by molar-refractivity contribution is -0.154. The van der Waals surface area contributed by atoms with Crippen molar-refractivity contribution >= 4 is 58.5 Å². The van der Waals surface area contributed by atoms with Crippen molar-refractivity contribution in [2.24, 2.45) is 23.7 Å². The van der Waals surface area contributed by atoms with E-state index in [0.29, 0.717) is 17.7 Å². The third-order valence-corrected chi connectivity index (χ3v) is 7.73. The first-order chi connectivity index (χ1) is 15.7. The molecule has 1 aromatic rings. The highest BCUT2D eigenvalue weighted by molar-refractivity contribution is 6.31. The Morgan fingerprint density at radius 3 is 2.12 bits per heavy atom. The number of benzene rings is 1. The third kappa shape index (κ3) is 4.31. The van der Waals surface area contributed by atoms with Gasteiger partial charge in [0.15, 0.2) is 6.61 Å². The minimum Gasteiger partial charge on any atom is -0.462 e. The van der Waals surface area contributed by atoms with Crippen LogP contribution in [0.3, 0.4) is 0 Å². The van der Waals surface area contributed by atoms with E-state index in [4.69, 9.17) is 32.7 Å². The number of hydrogen-bond acceptors (Lipinski definition) is 7. The highest BCUT2D eigenvalue weighted by atomic mass is 35.5. The number of nitrogens with zero attached hydrogens (tertiary/aromatic N) is 1. The predicted molar refractivity (Wildman–Crippen MR) is 117 cm³/mol. The van der Waals surface area contributed by atoms with E-state index in [0.717, 1.165) is 4.90 Å². The number of imide groups is 1. The molecule has 176 valence electrons. The fourth-order valence-corrected chi connectivity index (χ4v) is 5.88. The lowest BCUT2D eigenvalue weighted by Gasteiger charge is -2.28. The molecule has 0 unspecified atom stereocenters. The Bertz CT molecular complexity index is 967. The van der Waals surface area contributed by atoms with E-state index >= 15 is 0 Å². The summed E-state index contributed by atoms with van der Waals surface area (Å²) in [5, 5.41) is 1.77. The van der Waals surface area contributed by atoms with E-state index in [1.165, 1.54) is 24.3 Å². The summed E-state index contributed by atoms with van der Waals surface area (Å²) in [6.07, 6.45) is 0.633. The molecule has 3 aliphatic rings. The van der Waals surface area contributed by atoms with Crippen molar-refractivity contribution in [2.45, 2.75) is 24.1 Å². The lowest BCUT2D eigenvalue weighted by atomic mass is 9.80. The molecule has 4 rings (SSSR count). The van der Waals surface area contributed by atoms with Crippen LogP contribution in [0.5, 0.6) is 0 Å². The molecule has 3 amide bonds. The Morgan fingerprint density at radius 1 is 1.00 bits per heavy atom. The zero-order chi connectivity index (χ0) is 23.9. The Morgan fingerprint density at radius 2 is 1.58 bits per heavy atom. The summed E-state index contributed by atoms with van der Waals surface area (Å²) >= 11 is 12.6.